The van der Waals surface area contributed by atoms with E-state index < -0.39 is 0 Å². The number of nitrogens with one attached hydrogen (secondary N) is 2. The molecule has 0 saturated heterocycles. The summed E-state index contributed by atoms with van der Waals surface area (Å²) >= 11 is 0. The van der Waals surface area contributed by atoms with Crippen LogP contribution in [0.1, 0.15) is 58.1 Å². The molecule has 0 amide bonds. The van der Waals surface area contributed by atoms with Crippen LogP contribution >= 0.6 is 0 Å². The Morgan fingerprint density at radius 3 is 2.35 bits per heavy atom. The highest BCUT2D eigenvalue weighted by molar-refractivity contribution is 5.56. The Labute approximate surface area is 156 Å². The van der Waals surface area contributed by atoms with Crippen molar-refractivity contribution in [1.82, 2.24) is 9.97 Å². The van der Waals surface area contributed by atoms with Gasteiger partial charge in [-0.05, 0) is 57.9 Å². The van der Waals surface area contributed by atoms with Gasteiger partial charge in [0.15, 0.2) is 0 Å². The molecule has 140 valence electrons. The fourth-order valence-corrected chi connectivity index (χ4v) is 3.35. The van der Waals surface area contributed by atoms with Crippen molar-refractivity contribution in [2.45, 2.75) is 71.4 Å². The van der Waals surface area contributed by atoms with E-state index in [0.717, 1.165) is 22.9 Å². The third kappa shape index (κ3) is 5.61. The lowest BCUT2D eigenvalue weighted by Gasteiger charge is -2.18. The second kappa shape index (κ2) is 8.88. The molecule has 0 bridgehead atoms. The van der Waals surface area contributed by atoms with E-state index in [1.165, 1.54) is 38.5 Å². The molecule has 2 aromatic rings. The molecule has 0 radical (unpaired) electrons. The van der Waals surface area contributed by atoms with Crippen LogP contribution in [0.25, 0.3) is 0 Å². The molecule has 5 heteroatoms. The quantitative estimate of drug-likeness (QED) is 0.675. The molecule has 1 aromatic heterocycles. The van der Waals surface area contributed by atoms with Crippen molar-refractivity contribution >= 4 is 17.5 Å². The van der Waals surface area contributed by atoms with Crippen LogP contribution in [-0.4, -0.2) is 22.1 Å². The Morgan fingerprint density at radius 1 is 1.00 bits per heavy atom. The van der Waals surface area contributed by atoms with Gasteiger partial charge in [0, 0.05) is 23.5 Å². The van der Waals surface area contributed by atoms with Gasteiger partial charge in [-0.1, -0.05) is 25.7 Å². The van der Waals surface area contributed by atoms with E-state index in [4.69, 9.17) is 4.74 Å². The van der Waals surface area contributed by atoms with Crippen molar-refractivity contribution < 1.29 is 4.74 Å². The maximum atomic E-state index is 5.68. The minimum Gasteiger partial charge on any atom is -0.491 e. The van der Waals surface area contributed by atoms with Crippen molar-refractivity contribution in [2.75, 3.05) is 10.6 Å². The molecule has 1 aliphatic rings. The number of aromatic nitrogens is 2. The summed E-state index contributed by atoms with van der Waals surface area (Å²) in [6.45, 7) is 6.05. The van der Waals surface area contributed by atoms with Crippen LogP contribution in [-0.2, 0) is 0 Å². The van der Waals surface area contributed by atoms with Gasteiger partial charge in [0.1, 0.15) is 11.6 Å². The van der Waals surface area contributed by atoms with Gasteiger partial charge < -0.3 is 15.4 Å². The molecule has 0 unspecified atom stereocenters. The van der Waals surface area contributed by atoms with Crippen LogP contribution in [0.2, 0.25) is 0 Å². The van der Waals surface area contributed by atoms with Crippen molar-refractivity contribution in [3.8, 4) is 5.75 Å². The van der Waals surface area contributed by atoms with E-state index in [1.54, 1.807) is 0 Å². The number of rotatable bonds is 6. The summed E-state index contributed by atoms with van der Waals surface area (Å²) in [5, 5.41) is 6.90. The lowest BCUT2D eigenvalue weighted by molar-refractivity contribution is 0.242. The highest BCUT2D eigenvalue weighted by Crippen LogP contribution is 2.23. The van der Waals surface area contributed by atoms with E-state index >= 15 is 0 Å². The van der Waals surface area contributed by atoms with Gasteiger partial charge in [0.25, 0.3) is 0 Å². The Bertz CT molecular complexity index is 692. The summed E-state index contributed by atoms with van der Waals surface area (Å²) in [6, 6.07) is 10.4. The Kier molecular flexibility index (Phi) is 6.31. The summed E-state index contributed by atoms with van der Waals surface area (Å²) in [4.78, 5) is 9.18. The van der Waals surface area contributed by atoms with Gasteiger partial charge in [-0.15, -0.1) is 0 Å². The summed E-state index contributed by atoms with van der Waals surface area (Å²) in [6.07, 6.45) is 7.93. The van der Waals surface area contributed by atoms with Crippen LogP contribution in [0.3, 0.4) is 0 Å². The molecule has 1 saturated carbocycles. The summed E-state index contributed by atoms with van der Waals surface area (Å²) in [5.74, 6) is 2.40. The van der Waals surface area contributed by atoms with Gasteiger partial charge in [0.05, 0.1) is 6.10 Å². The highest BCUT2D eigenvalue weighted by atomic mass is 16.5. The maximum absolute atomic E-state index is 5.68. The number of hydrogen-bond donors (Lipinski definition) is 2. The normalized spacial score (nSPS) is 15.5. The number of aryl methyl sites for hydroxylation is 1. The first-order valence-electron chi connectivity index (χ1n) is 9.74. The predicted molar refractivity (Wildman–Crippen MR) is 107 cm³/mol. The van der Waals surface area contributed by atoms with Crippen molar-refractivity contribution in [2.24, 2.45) is 0 Å². The Morgan fingerprint density at radius 2 is 1.69 bits per heavy atom. The highest BCUT2D eigenvalue weighted by Gasteiger charge is 2.13. The zero-order valence-corrected chi connectivity index (χ0v) is 16.1. The summed E-state index contributed by atoms with van der Waals surface area (Å²) in [7, 11) is 0. The van der Waals surface area contributed by atoms with Gasteiger partial charge >= 0.3 is 0 Å². The fraction of sp³-hybridized carbons (Fsp3) is 0.524. The first kappa shape index (κ1) is 18.5. The molecule has 0 spiro atoms. The summed E-state index contributed by atoms with van der Waals surface area (Å²) in [5.41, 5.74) is 1.91. The molecular formula is C21H30N4O. The van der Waals surface area contributed by atoms with Crippen LogP contribution in [0.4, 0.5) is 17.5 Å². The van der Waals surface area contributed by atoms with E-state index in [1.807, 2.05) is 51.1 Å². The molecule has 0 aliphatic heterocycles. The number of ether oxygens (including phenoxy) is 1. The molecule has 1 aliphatic carbocycles. The molecular weight excluding hydrogens is 324 g/mol. The largest absolute Gasteiger partial charge is 0.491 e. The monoisotopic (exact) mass is 354 g/mol. The molecule has 5 nitrogen and oxygen atoms in total. The summed E-state index contributed by atoms with van der Waals surface area (Å²) < 4.78 is 5.68. The zero-order chi connectivity index (χ0) is 18.4. The molecule has 2 N–H and O–H groups in total. The maximum Gasteiger partial charge on any atom is 0.229 e. The van der Waals surface area contributed by atoms with Crippen LogP contribution in [0, 0.1) is 6.92 Å². The average Bonchev–Trinajstić information content (AvgIpc) is 2.84. The van der Waals surface area contributed by atoms with E-state index in [9.17, 15) is 0 Å². The zero-order valence-electron chi connectivity index (χ0n) is 16.1. The second-order valence-corrected chi connectivity index (χ2v) is 7.37. The van der Waals surface area contributed by atoms with Crippen molar-refractivity contribution in [1.29, 1.82) is 0 Å². The van der Waals surface area contributed by atoms with E-state index in [-0.39, 0.29) is 6.10 Å². The standard InChI is InChI=1S/C21H30N4O/c1-15(2)26-19-12-10-18(11-13-19)24-21-22-16(3)14-20(25-21)23-17-8-6-4-5-7-9-17/h10-15,17H,4-9H2,1-3H3,(H2,22,23,24,25). The van der Waals surface area contributed by atoms with Crippen LogP contribution in [0.5, 0.6) is 5.75 Å². The smallest absolute Gasteiger partial charge is 0.229 e. The van der Waals surface area contributed by atoms with Gasteiger partial charge in [-0.3, -0.25) is 0 Å². The van der Waals surface area contributed by atoms with E-state index in [0.29, 0.717) is 12.0 Å². The molecule has 1 aromatic carbocycles. The van der Waals surface area contributed by atoms with Crippen molar-refractivity contribution in [3.05, 3.63) is 36.0 Å². The minimum absolute atomic E-state index is 0.173. The topological polar surface area (TPSA) is 59.1 Å². The Hall–Kier alpha value is -2.30. The predicted octanol–water partition coefficient (Wildman–Crippen LogP) is 5.45. The lowest BCUT2D eigenvalue weighted by Crippen LogP contribution is -2.19. The number of benzene rings is 1. The van der Waals surface area contributed by atoms with Crippen molar-refractivity contribution in [3.63, 3.8) is 0 Å². The third-order valence-corrected chi connectivity index (χ3v) is 4.54. The minimum atomic E-state index is 0.173. The number of hydrogen-bond acceptors (Lipinski definition) is 5. The van der Waals surface area contributed by atoms with Crippen LogP contribution < -0.4 is 15.4 Å². The van der Waals surface area contributed by atoms with Crippen LogP contribution in [0.15, 0.2) is 30.3 Å². The SMILES string of the molecule is Cc1cc(NC2CCCCCC2)nc(Nc2ccc(OC(C)C)cc2)n1. The fourth-order valence-electron chi connectivity index (χ4n) is 3.35. The first-order chi connectivity index (χ1) is 12.6. The Balaban J connectivity index is 1.67. The van der Waals surface area contributed by atoms with Gasteiger partial charge in [0.2, 0.25) is 5.95 Å². The second-order valence-electron chi connectivity index (χ2n) is 7.37. The first-order valence-corrected chi connectivity index (χ1v) is 9.74. The van der Waals surface area contributed by atoms with Gasteiger partial charge in [-0.25, -0.2) is 4.98 Å². The number of nitrogens with zero attached hydrogens (tertiary/aromatic N) is 2. The van der Waals surface area contributed by atoms with E-state index in [2.05, 4.69) is 20.6 Å². The molecule has 1 fully saturated rings. The lowest BCUT2D eigenvalue weighted by atomic mass is 10.1. The third-order valence-electron chi connectivity index (χ3n) is 4.54. The molecule has 1 heterocycles. The molecule has 0 atom stereocenters. The average molecular weight is 354 g/mol. The van der Waals surface area contributed by atoms with Gasteiger partial charge in [-0.2, -0.15) is 4.98 Å². The number of anilines is 3. The molecule has 26 heavy (non-hydrogen) atoms. The molecule has 3 rings (SSSR count).